The highest BCUT2D eigenvalue weighted by atomic mass is 28.3. The van der Waals surface area contributed by atoms with Crippen molar-refractivity contribution in [2.45, 2.75) is 51.6 Å². The van der Waals surface area contributed by atoms with Crippen LogP contribution >= 0.6 is 0 Å². The van der Waals surface area contributed by atoms with Gasteiger partial charge in [-0.2, -0.15) is 0 Å². The molecular formula is C17H30N2O3Si. The largest absolute Gasteiger partial charge is 0.444 e. The molecule has 130 valence electrons. The third-order valence-corrected chi connectivity index (χ3v) is 4.62. The van der Waals surface area contributed by atoms with Crippen LogP contribution in [0.5, 0.6) is 0 Å². The van der Waals surface area contributed by atoms with Gasteiger partial charge in [-0.3, -0.25) is 4.90 Å². The van der Waals surface area contributed by atoms with Crippen LogP contribution in [0.3, 0.4) is 0 Å². The third-order valence-electron chi connectivity index (χ3n) is 3.69. The van der Waals surface area contributed by atoms with E-state index in [0.717, 1.165) is 19.6 Å². The smallest absolute Gasteiger partial charge is 0.410 e. The van der Waals surface area contributed by atoms with E-state index in [1.807, 2.05) is 20.8 Å². The Morgan fingerprint density at radius 1 is 1.26 bits per heavy atom. The Bertz CT molecular complexity index is 505. The van der Waals surface area contributed by atoms with E-state index in [1.165, 1.54) is 0 Å². The van der Waals surface area contributed by atoms with Crippen molar-refractivity contribution in [1.82, 2.24) is 9.80 Å². The lowest BCUT2D eigenvalue weighted by atomic mass is 9.92. The number of ether oxygens (including phenoxy) is 2. The van der Waals surface area contributed by atoms with Crippen LogP contribution in [0.15, 0.2) is 0 Å². The topological polar surface area (TPSA) is 42.0 Å². The lowest BCUT2D eigenvalue weighted by Crippen LogP contribution is -2.70. The van der Waals surface area contributed by atoms with Gasteiger partial charge in [-0.1, -0.05) is 25.6 Å². The summed E-state index contributed by atoms with van der Waals surface area (Å²) in [5, 5.41) is 0. The van der Waals surface area contributed by atoms with Crippen molar-refractivity contribution in [2.75, 3.05) is 39.3 Å². The predicted molar refractivity (Wildman–Crippen MR) is 94.1 cm³/mol. The summed E-state index contributed by atoms with van der Waals surface area (Å²) in [5.41, 5.74) is 2.70. The fourth-order valence-electron chi connectivity index (χ4n) is 2.82. The molecule has 23 heavy (non-hydrogen) atoms. The quantitative estimate of drug-likeness (QED) is 0.543. The zero-order valence-corrected chi connectivity index (χ0v) is 16.4. The Balaban J connectivity index is 1.83. The van der Waals surface area contributed by atoms with Crippen LogP contribution in [-0.2, 0) is 9.47 Å². The lowest BCUT2D eigenvalue weighted by Gasteiger charge is -2.53. The molecule has 6 heteroatoms. The molecule has 0 bridgehead atoms. The maximum absolute atomic E-state index is 12.2. The maximum Gasteiger partial charge on any atom is 0.410 e. The second-order valence-corrected chi connectivity index (χ2v) is 13.4. The summed E-state index contributed by atoms with van der Waals surface area (Å²) in [6.45, 7) is 16.7. The fourth-order valence-corrected chi connectivity index (χ4v) is 3.42. The number of nitrogens with zero attached hydrogens (tertiary/aromatic N) is 2. The summed E-state index contributed by atoms with van der Waals surface area (Å²) >= 11 is 0. The van der Waals surface area contributed by atoms with Crippen molar-refractivity contribution < 1.29 is 14.3 Å². The highest BCUT2D eigenvalue weighted by molar-refractivity contribution is 6.83. The van der Waals surface area contributed by atoms with Gasteiger partial charge in [-0.05, 0) is 20.8 Å². The van der Waals surface area contributed by atoms with Crippen LogP contribution in [-0.4, -0.2) is 74.5 Å². The number of hydrogen-bond acceptors (Lipinski definition) is 4. The molecule has 1 spiro atoms. The number of likely N-dealkylation sites (tertiary alicyclic amines) is 1. The molecule has 2 aliphatic rings. The first kappa shape index (κ1) is 18.3. The summed E-state index contributed by atoms with van der Waals surface area (Å²) in [6, 6.07) is 0. The number of carbonyl (C=O) groups excluding carboxylic acids is 1. The standard InChI is InChI=1S/C17H30N2O3Si/c1-16(2,3)22-15(20)19-9-10-21-17(14-19)12-18(13-17)8-7-11-23(4,5)6/h8-10,12-14H2,1-6H3. The van der Waals surface area contributed by atoms with E-state index in [2.05, 4.69) is 36.0 Å². The van der Waals surface area contributed by atoms with Gasteiger partial charge in [0.2, 0.25) is 0 Å². The molecule has 0 aromatic carbocycles. The summed E-state index contributed by atoms with van der Waals surface area (Å²) < 4.78 is 11.4. The van der Waals surface area contributed by atoms with Crippen molar-refractivity contribution >= 4 is 14.2 Å². The Hall–Kier alpha value is -1.03. The molecule has 1 amide bonds. The SMILES string of the molecule is CC(C)(C)OC(=O)N1CCOC2(CN(CC#C[Si](C)(C)C)C2)C1. The molecule has 2 rings (SSSR count). The minimum absolute atomic E-state index is 0.226. The Morgan fingerprint density at radius 2 is 1.91 bits per heavy atom. The van der Waals surface area contributed by atoms with Crippen LogP contribution in [0.25, 0.3) is 0 Å². The van der Waals surface area contributed by atoms with E-state index in [4.69, 9.17) is 9.47 Å². The summed E-state index contributed by atoms with van der Waals surface area (Å²) in [7, 11) is -1.30. The second-order valence-electron chi connectivity index (χ2n) is 8.63. The number of hydrogen-bond donors (Lipinski definition) is 0. The van der Waals surface area contributed by atoms with Gasteiger partial charge in [0.25, 0.3) is 0 Å². The zero-order valence-electron chi connectivity index (χ0n) is 15.4. The number of rotatable bonds is 1. The average molecular weight is 339 g/mol. The molecule has 2 heterocycles. The van der Waals surface area contributed by atoms with Gasteiger partial charge in [0, 0.05) is 19.6 Å². The first-order valence-electron chi connectivity index (χ1n) is 8.32. The Labute approximate surface area is 141 Å². The molecule has 0 aliphatic carbocycles. The van der Waals surface area contributed by atoms with Crippen molar-refractivity contribution in [3.05, 3.63) is 0 Å². The fraction of sp³-hybridized carbons (Fsp3) is 0.824. The Morgan fingerprint density at radius 3 is 2.48 bits per heavy atom. The minimum Gasteiger partial charge on any atom is -0.444 e. The molecule has 0 aromatic heterocycles. The Kier molecular flexibility index (Phi) is 5.14. The van der Waals surface area contributed by atoms with E-state index in [1.54, 1.807) is 4.90 Å². The second kappa shape index (κ2) is 6.46. The molecule has 2 fully saturated rings. The molecule has 0 unspecified atom stereocenters. The molecule has 0 N–H and O–H groups in total. The summed E-state index contributed by atoms with van der Waals surface area (Å²) in [5.74, 6) is 3.29. The normalized spacial score (nSPS) is 21.4. The van der Waals surface area contributed by atoms with Crippen molar-refractivity contribution in [2.24, 2.45) is 0 Å². The van der Waals surface area contributed by atoms with Gasteiger partial charge in [-0.15, -0.1) is 5.54 Å². The number of carbonyl (C=O) groups is 1. The van der Waals surface area contributed by atoms with Crippen molar-refractivity contribution in [1.29, 1.82) is 0 Å². The minimum atomic E-state index is -1.30. The molecule has 0 saturated carbocycles. The van der Waals surface area contributed by atoms with Crippen LogP contribution in [0.4, 0.5) is 4.79 Å². The van der Waals surface area contributed by atoms with Gasteiger partial charge < -0.3 is 14.4 Å². The first-order chi connectivity index (χ1) is 10.5. The van der Waals surface area contributed by atoms with Crippen LogP contribution in [0.1, 0.15) is 20.8 Å². The number of amides is 1. The number of morpholine rings is 1. The first-order valence-corrected chi connectivity index (χ1v) is 11.8. The molecule has 0 aromatic rings. The predicted octanol–water partition coefficient (Wildman–Crippen LogP) is 2.19. The van der Waals surface area contributed by atoms with E-state index in [-0.39, 0.29) is 11.7 Å². The van der Waals surface area contributed by atoms with Crippen LogP contribution in [0, 0.1) is 11.5 Å². The summed E-state index contributed by atoms with van der Waals surface area (Å²) in [4.78, 5) is 16.3. The average Bonchev–Trinajstić information content (AvgIpc) is 2.33. The molecule has 2 saturated heterocycles. The van der Waals surface area contributed by atoms with Gasteiger partial charge in [0.05, 0.1) is 19.7 Å². The zero-order chi connectivity index (χ0) is 17.3. The molecule has 2 aliphatic heterocycles. The highest BCUT2D eigenvalue weighted by Gasteiger charge is 2.48. The maximum atomic E-state index is 12.2. The van der Waals surface area contributed by atoms with Crippen molar-refractivity contribution in [3.8, 4) is 11.5 Å². The van der Waals surface area contributed by atoms with E-state index in [0.29, 0.717) is 19.7 Å². The van der Waals surface area contributed by atoms with Gasteiger partial charge in [0.15, 0.2) is 0 Å². The molecule has 5 nitrogen and oxygen atoms in total. The third kappa shape index (κ3) is 5.52. The monoisotopic (exact) mass is 338 g/mol. The van der Waals surface area contributed by atoms with Gasteiger partial charge in [0.1, 0.15) is 19.3 Å². The molecular weight excluding hydrogens is 308 g/mol. The van der Waals surface area contributed by atoms with Crippen molar-refractivity contribution in [3.63, 3.8) is 0 Å². The molecule has 0 radical (unpaired) electrons. The molecule has 0 atom stereocenters. The van der Waals surface area contributed by atoms with E-state index < -0.39 is 13.7 Å². The van der Waals surface area contributed by atoms with E-state index in [9.17, 15) is 4.79 Å². The van der Waals surface area contributed by atoms with Gasteiger partial charge >= 0.3 is 6.09 Å². The van der Waals surface area contributed by atoms with Gasteiger partial charge in [-0.25, -0.2) is 4.79 Å². The highest BCUT2D eigenvalue weighted by Crippen LogP contribution is 2.29. The lowest BCUT2D eigenvalue weighted by molar-refractivity contribution is -0.177. The van der Waals surface area contributed by atoms with Crippen LogP contribution in [0.2, 0.25) is 19.6 Å². The van der Waals surface area contributed by atoms with Crippen LogP contribution < -0.4 is 0 Å². The van der Waals surface area contributed by atoms with E-state index >= 15 is 0 Å². The summed E-state index contributed by atoms with van der Waals surface area (Å²) in [6.07, 6.45) is -0.239.